The predicted molar refractivity (Wildman–Crippen MR) is 196 cm³/mol. The van der Waals surface area contributed by atoms with Gasteiger partial charge in [-0.3, -0.25) is 0 Å². The number of aliphatic hydroxyl groups excluding tert-OH is 9. The zero-order chi connectivity index (χ0) is 43.9. The molecule has 0 saturated carbocycles. The van der Waals surface area contributed by atoms with Gasteiger partial charge in [-0.05, 0) is 47.5 Å². The Hall–Kier alpha value is -4.50. The lowest BCUT2D eigenvalue weighted by atomic mass is 9.98. The summed E-state index contributed by atoms with van der Waals surface area (Å²) in [4.78, 5) is 25.6. The number of benzene rings is 2. The Morgan fingerprint density at radius 3 is 1.78 bits per heavy atom. The van der Waals surface area contributed by atoms with E-state index in [0.29, 0.717) is 11.1 Å². The Morgan fingerprint density at radius 2 is 1.25 bits per heavy atom. The summed E-state index contributed by atoms with van der Waals surface area (Å²) in [5.41, 5.74) is 0.814. The lowest BCUT2D eigenvalue weighted by molar-refractivity contribution is -0.399. The molecule has 0 aromatic heterocycles. The van der Waals surface area contributed by atoms with E-state index in [0.717, 1.165) is 12.2 Å². The summed E-state index contributed by atoms with van der Waals surface area (Å²) < 4.78 is 49.3. The first kappa shape index (κ1) is 46.6. The van der Waals surface area contributed by atoms with E-state index in [4.69, 9.17) is 42.6 Å². The van der Waals surface area contributed by atoms with E-state index in [1.165, 1.54) is 62.8 Å². The van der Waals surface area contributed by atoms with Crippen LogP contribution in [0.2, 0.25) is 0 Å². The van der Waals surface area contributed by atoms with Crippen molar-refractivity contribution in [2.24, 2.45) is 0 Å². The summed E-state index contributed by atoms with van der Waals surface area (Å²) in [5.74, 6) is -7.42. The molecule has 3 aliphatic rings. The molecular weight excluding hydrogens is 808 g/mol. The zero-order valence-electron chi connectivity index (χ0n) is 32.1. The number of aliphatic hydroxyl groups is 9. The third-order valence-electron chi connectivity index (χ3n) is 9.93. The molecule has 0 bridgehead atoms. The number of carbonyl (C=O) groups excluding carboxylic acids is 2. The molecule has 3 aliphatic heterocycles. The summed E-state index contributed by atoms with van der Waals surface area (Å²) in [6.07, 6.45) is -16.3. The first-order valence-corrected chi connectivity index (χ1v) is 18.3. The maximum absolute atomic E-state index is 13.0. The minimum Gasteiger partial charge on any atom is -0.504 e. The number of carbonyl (C=O) groups is 2. The predicted octanol–water partition coefficient (Wildman–Crippen LogP) is -3.61. The fourth-order valence-electron chi connectivity index (χ4n) is 6.57. The van der Waals surface area contributed by atoms with Crippen LogP contribution in [0, 0.1) is 0 Å². The van der Waals surface area contributed by atoms with Crippen molar-refractivity contribution in [1.82, 2.24) is 0 Å². The summed E-state index contributed by atoms with van der Waals surface area (Å²) in [7, 11) is 2.65. The van der Waals surface area contributed by atoms with E-state index < -0.39 is 124 Å². The molecule has 0 spiro atoms. The third kappa shape index (κ3) is 9.99. The second-order valence-electron chi connectivity index (χ2n) is 13.8. The number of phenols is 2. The van der Waals surface area contributed by atoms with E-state index in [9.17, 15) is 65.8 Å². The number of aromatic hydroxyl groups is 2. The molecule has 2 aromatic carbocycles. The smallest absolute Gasteiger partial charge is 0.331 e. The summed E-state index contributed by atoms with van der Waals surface area (Å²) >= 11 is 0. The van der Waals surface area contributed by atoms with Crippen LogP contribution in [0.1, 0.15) is 11.1 Å². The molecule has 11 N–H and O–H groups in total. The molecule has 22 nitrogen and oxygen atoms in total. The van der Waals surface area contributed by atoms with Crippen LogP contribution in [-0.4, -0.2) is 194 Å². The van der Waals surface area contributed by atoms with Crippen molar-refractivity contribution in [2.45, 2.75) is 78.9 Å². The fraction of sp³-hybridized carbons (Fsp3) is 0.526. The highest BCUT2D eigenvalue weighted by Gasteiger charge is 2.63. The van der Waals surface area contributed by atoms with E-state index in [1.54, 1.807) is 0 Å². The molecule has 22 heteroatoms. The average Bonchev–Trinajstić information content (AvgIpc) is 3.65. The molecule has 3 heterocycles. The van der Waals surface area contributed by atoms with Crippen molar-refractivity contribution in [2.75, 3.05) is 47.3 Å². The molecule has 0 aliphatic carbocycles. The maximum Gasteiger partial charge on any atom is 0.331 e. The average molecular weight is 857 g/mol. The van der Waals surface area contributed by atoms with Gasteiger partial charge in [-0.2, -0.15) is 0 Å². The van der Waals surface area contributed by atoms with E-state index in [2.05, 4.69) is 0 Å². The Labute approximate surface area is 341 Å². The van der Waals surface area contributed by atoms with Crippen LogP contribution >= 0.6 is 0 Å². The zero-order valence-corrected chi connectivity index (χ0v) is 32.1. The van der Waals surface area contributed by atoms with Gasteiger partial charge in [0.05, 0.1) is 27.4 Å². The molecule has 60 heavy (non-hydrogen) atoms. The van der Waals surface area contributed by atoms with Crippen molar-refractivity contribution in [3.05, 3.63) is 59.7 Å². The van der Waals surface area contributed by atoms with Crippen LogP contribution < -0.4 is 9.47 Å². The molecule has 13 atom stereocenters. The van der Waals surface area contributed by atoms with Crippen LogP contribution in [0.25, 0.3) is 12.2 Å². The molecule has 0 unspecified atom stereocenters. The van der Waals surface area contributed by atoms with Gasteiger partial charge in [-0.15, -0.1) is 0 Å². The SMILES string of the molecule is COc1cc(C=CC(=O)OC[C@H]2O[C@H](O[C@]3(CO[C@]4(CO)O[C@H](CO)[C@@H](O)[C@@H]4OC(=O)C=Cc4ccc(O)c(OC)c4)O[C@H](CO)[C@@H](O)[C@@H]3O)[C@H](O)[C@@H](O)[C@@H]2O)ccc1O. The maximum atomic E-state index is 13.0. The highest BCUT2D eigenvalue weighted by Crippen LogP contribution is 2.41. The van der Waals surface area contributed by atoms with Crippen LogP contribution in [0.3, 0.4) is 0 Å². The summed E-state index contributed by atoms with van der Waals surface area (Å²) in [5, 5.41) is 115. The molecule has 2 aromatic rings. The minimum atomic E-state index is -2.71. The van der Waals surface area contributed by atoms with Crippen molar-refractivity contribution >= 4 is 24.1 Å². The number of hydrogen-bond donors (Lipinski definition) is 11. The van der Waals surface area contributed by atoms with Crippen LogP contribution in [0.5, 0.6) is 23.0 Å². The fourth-order valence-corrected chi connectivity index (χ4v) is 6.57. The highest BCUT2D eigenvalue weighted by atomic mass is 16.8. The molecule has 5 rings (SSSR count). The van der Waals surface area contributed by atoms with Crippen LogP contribution in [-0.2, 0) is 42.7 Å². The van der Waals surface area contributed by atoms with Gasteiger partial charge in [0.1, 0.15) is 74.8 Å². The van der Waals surface area contributed by atoms with E-state index in [-0.39, 0.29) is 23.0 Å². The number of esters is 2. The van der Waals surface area contributed by atoms with Crippen molar-refractivity contribution in [1.29, 1.82) is 0 Å². The summed E-state index contributed by atoms with van der Waals surface area (Å²) in [6, 6.07) is 8.38. The topological polar surface area (TPSA) is 340 Å². The van der Waals surface area contributed by atoms with Crippen molar-refractivity contribution < 1.29 is 108 Å². The third-order valence-corrected chi connectivity index (χ3v) is 9.93. The minimum absolute atomic E-state index is 0.0953. The number of phenolic OH excluding ortho intramolecular Hbond substituents is 2. The second-order valence-corrected chi connectivity index (χ2v) is 13.8. The number of rotatable bonds is 17. The van der Waals surface area contributed by atoms with Gasteiger partial charge >= 0.3 is 11.9 Å². The van der Waals surface area contributed by atoms with Crippen molar-refractivity contribution in [3.8, 4) is 23.0 Å². The first-order chi connectivity index (χ1) is 28.5. The normalized spacial score (nSPS) is 34.3. The van der Waals surface area contributed by atoms with E-state index in [1.807, 2.05) is 0 Å². The second kappa shape index (κ2) is 19.9. The lowest BCUT2D eigenvalue weighted by Crippen LogP contribution is -2.63. The largest absolute Gasteiger partial charge is 0.504 e. The molecule has 332 valence electrons. The highest BCUT2D eigenvalue weighted by molar-refractivity contribution is 5.88. The van der Waals surface area contributed by atoms with Crippen LogP contribution in [0.4, 0.5) is 0 Å². The monoisotopic (exact) mass is 856 g/mol. The number of hydrogen-bond acceptors (Lipinski definition) is 22. The number of methoxy groups -OCH3 is 2. The van der Waals surface area contributed by atoms with Gasteiger partial charge < -0.3 is 98.8 Å². The van der Waals surface area contributed by atoms with E-state index >= 15 is 0 Å². The first-order valence-electron chi connectivity index (χ1n) is 18.3. The number of ether oxygens (including phenoxy) is 9. The van der Waals surface area contributed by atoms with Gasteiger partial charge in [0.2, 0.25) is 11.6 Å². The Balaban J connectivity index is 1.34. The molecule has 0 amide bonds. The van der Waals surface area contributed by atoms with Gasteiger partial charge in [-0.25, -0.2) is 9.59 Å². The Bertz CT molecular complexity index is 1840. The summed E-state index contributed by atoms with van der Waals surface area (Å²) in [6.45, 7) is -4.90. The van der Waals surface area contributed by atoms with Crippen LogP contribution in [0.15, 0.2) is 48.6 Å². The molecule has 3 saturated heterocycles. The standard InChI is InChI=1S/C38H48O22/c1-52-22-11-18(3-7-20(22)42)5-9-27(44)54-15-26-29(46)32(49)33(50)36(56-26)60-38(34(51)30(47)24(13-39)59-38)17-55-37(16-41)35(31(48)25(14-40)58-37)57-28(45)10-6-19-4-8-21(43)23(12-19)53-2/h3-12,24-26,29-36,39-43,46-51H,13-17H2,1-2H3/t24-,25-,26-,29-,30-,31-,32+,33-,34+,35+,36-,37-,38+/m1/s1. The Morgan fingerprint density at radius 1 is 0.700 bits per heavy atom. The van der Waals surface area contributed by atoms with Gasteiger partial charge in [0, 0.05) is 12.2 Å². The lowest BCUT2D eigenvalue weighted by Gasteiger charge is -2.44. The Kier molecular flexibility index (Phi) is 15.5. The van der Waals surface area contributed by atoms with Gasteiger partial charge in [0.25, 0.3) is 0 Å². The quantitative estimate of drug-likeness (QED) is 0.0540. The van der Waals surface area contributed by atoms with Gasteiger partial charge in [0.15, 0.2) is 35.4 Å². The molecular formula is C38H48O22. The van der Waals surface area contributed by atoms with Crippen molar-refractivity contribution in [3.63, 3.8) is 0 Å². The molecule has 0 radical (unpaired) electrons. The molecule has 3 fully saturated rings. The van der Waals surface area contributed by atoms with Gasteiger partial charge in [-0.1, -0.05) is 12.1 Å².